The minimum atomic E-state index is -0.538. The molecule has 0 radical (unpaired) electrons. The molecule has 4 heteroatoms. The van der Waals surface area contributed by atoms with Crippen LogP contribution in [0.25, 0.3) is 0 Å². The van der Waals surface area contributed by atoms with Crippen molar-refractivity contribution < 1.29 is 9.59 Å². The van der Waals surface area contributed by atoms with E-state index in [0.29, 0.717) is 12.0 Å². The number of carbonyl (C=O) groups excluding carboxylic acids is 2. The smallest absolute Gasteiger partial charge is 0.251 e. The summed E-state index contributed by atoms with van der Waals surface area (Å²) in [6.07, 6.45) is 3.75. The van der Waals surface area contributed by atoms with E-state index in [-0.39, 0.29) is 11.8 Å². The topological polar surface area (TPSA) is 49.4 Å². The van der Waals surface area contributed by atoms with Crippen LogP contribution >= 0.6 is 0 Å². The van der Waals surface area contributed by atoms with Crippen LogP contribution in [0.2, 0.25) is 0 Å². The molecule has 4 nitrogen and oxygen atoms in total. The number of carbonyl (C=O) groups is 2. The molecule has 1 heterocycles. The number of aryl methyl sites for hydroxylation is 1. The van der Waals surface area contributed by atoms with E-state index in [9.17, 15) is 9.59 Å². The molecule has 1 aliphatic rings. The summed E-state index contributed by atoms with van der Waals surface area (Å²) in [6, 6.07) is 16.8. The van der Waals surface area contributed by atoms with E-state index in [4.69, 9.17) is 0 Å². The van der Waals surface area contributed by atoms with Crippen LogP contribution in [0, 0.1) is 6.92 Å². The van der Waals surface area contributed by atoms with Crippen molar-refractivity contribution in [2.75, 3.05) is 13.1 Å². The third-order valence-electron chi connectivity index (χ3n) is 4.83. The predicted molar refractivity (Wildman–Crippen MR) is 103 cm³/mol. The summed E-state index contributed by atoms with van der Waals surface area (Å²) in [4.78, 5) is 27.6. The minimum Gasteiger partial charge on any atom is -0.341 e. The zero-order valence-corrected chi connectivity index (χ0v) is 15.3. The van der Waals surface area contributed by atoms with E-state index < -0.39 is 6.04 Å². The number of hydrogen-bond acceptors (Lipinski definition) is 2. The number of amides is 2. The fourth-order valence-corrected chi connectivity index (χ4v) is 3.41. The van der Waals surface area contributed by atoms with Crippen LogP contribution in [-0.2, 0) is 11.2 Å². The molecule has 1 aliphatic heterocycles. The van der Waals surface area contributed by atoms with Gasteiger partial charge in [0.15, 0.2) is 0 Å². The van der Waals surface area contributed by atoms with Gasteiger partial charge in [-0.05, 0) is 43.9 Å². The molecule has 136 valence electrons. The van der Waals surface area contributed by atoms with Gasteiger partial charge in [-0.25, -0.2) is 0 Å². The molecule has 1 N–H and O–H groups in total. The first-order valence-electron chi connectivity index (χ1n) is 9.34. The molecule has 0 saturated carbocycles. The Morgan fingerprint density at radius 1 is 1.00 bits per heavy atom. The van der Waals surface area contributed by atoms with E-state index in [2.05, 4.69) is 5.32 Å². The second-order valence-corrected chi connectivity index (χ2v) is 6.97. The fraction of sp³-hybridized carbons (Fsp3) is 0.364. The lowest BCUT2D eigenvalue weighted by atomic mass is 10.0. The Morgan fingerprint density at radius 2 is 1.73 bits per heavy atom. The van der Waals surface area contributed by atoms with Crippen molar-refractivity contribution >= 4 is 11.8 Å². The first-order valence-corrected chi connectivity index (χ1v) is 9.34. The number of piperidine rings is 1. The molecule has 26 heavy (non-hydrogen) atoms. The summed E-state index contributed by atoms with van der Waals surface area (Å²) in [5.74, 6) is -0.172. The highest BCUT2D eigenvalue weighted by Crippen LogP contribution is 2.13. The number of nitrogens with one attached hydrogen (secondary N) is 1. The summed E-state index contributed by atoms with van der Waals surface area (Å²) in [5.41, 5.74) is 2.67. The van der Waals surface area contributed by atoms with Gasteiger partial charge in [-0.1, -0.05) is 48.0 Å². The lowest BCUT2D eigenvalue weighted by Gasteiger charge is -2.31. The monoisotopic (exact) mass is 350 g/mol. The highest BCUT2D eigenvalue weighted by Gasteiger charge is 2.27. The van der Waals surface area contributed by atoms with E-state index in [0.717, 1.165) is 37.1 Å². The van der Waals surface area contributed by atoms with Crippen molar-refractivity contribution in [1.82, 2.24) is 10.2 Å². The Labute approximate surface area is 155 Å². The van der Waals surface area contributed by atoms with Crippen LogP contribution in [0.3, 0.4) is 0 Å². The van der Waals surface area contributed by atoms with Crippen LogP contribution in [0.4, 0.5) is 0 Å². The first kappa shape index (κ1) is 18.2. The van der Waals surface area contributed by atoms with Crippen LogP contribution in [0.1, 0.15) is 40.7 Å². The summed E-state index contributed by atoms with van der Waals surface area (Å²) in [5, 5.41) is 2.98. The fourth-order valence-electron chi connectivity index (χ4n) is 3.41. The van der Waals surface area contributed by atoms with Crippen LogP contribution < -0.4 is 5.32 Å². The van der Waals surface area contributed by atoms with E-state index in [1.807, 2.05) is 60.4 Å². The molecule has 1 fully saturated rings. The molecule has 1 atom stereocenters. The first-order chi connectivity index (χ1) is 12.6. The quantitative estimate of drug-likeness (QED) is 0.899. The van der Waals surface area contributed by atoms with Crippen LogP contribution in [0.5, 0.6) is 0 Å². The van der Waals surface area contributed by atoms with Crippen molar-refractivity contribution in [2.24, 2.45) is 0 Å². The SMILES string of the molecule is Cc1cccc(C(=O)N[C@@H](Cc2ccccc2)C(=O)N2CCCCC2)c1. The van der Waals surface area contributed by atoms with Crippen molar-refractivity contribution in [2.45, 2.75) is 38.6 Å². The largest absolute Gasteiger partial charge is 0.341 e. The number of rotatable bonds is 5. The van der Waals surface area contributed by atoms with Gasteiger partial charge in [-0.2, -0.15) is 0 Å². The van der Waals surface area contributed by atoms with Gasteiger partial charge in [0.2, 0.25) is 5.91 Å². The summed E-state index contributed by atoms with van der Waals surface area (Å²) >= 11 is 0. The lowest BCUT2D eigenvalue weighted by Crippen LogP contribution is -2.51. The molecule has 2 aromatic rings. The third-order valence-corrected chi connectivity index (χ3v) is 4.83. The summed E-state index contributed by atoms with van der Waals surface area (Å²) in [6.45, 7) is 3.52. The molecule has 1 saturated heterocycles. The maximum Gasteiger partial charge on any atom is 0.251 e. The summed E-state index contributed by atoms with van der Waals surface area (Å²) < 4.78 is 0. The molecular weight excluding hydrogens is 324 g/mol. The Kier molecular flexibility index (Phi) is 6.05. The number of benzene rings is 2. The van der Waals surface area contributed by atoms with Gasteiger partial charge in [0, 0.05) is 25.1 Å². The maximum atomic E-state index is 13.0. The van der Waals surface area contributed by atoms with Gasteiger partial charge in [0.1, 0.15) is 6.04 Å². The normalized spacial score (nSPS) is 15.3. The zero-order valence-electron chi connectivity index (χ0n) is 15.3. The van der Waals surface area contributed by atoms with Crippen molar-refractivity contribution in [3.8, 4) is 0 Å². The molecule has 3 rings (SSSR count). The Balaban J connectivity index is 1.77. The van der Waals surface area contributed by atoms with Crippen molar-refractivity contribution in [1.29, 1.82) is 0 Å². The average molecular weight is 350 g/mol. The lowest BCUT2D eigenvalue weighted by molar-refractivity contribution is -0.134. The second-order valence-electron chi connectivity index (χ2n) is 6.97. The number of likely N-dealkylation sites (tertiary alicyclic amines) is 1. The molecule has 0 bridgehead atoms. The van der Waals surface area contributed by atoms with Gasteiger partial charge in [0.05, 0.1) is 0 Å². The Morgan fingerprint density at radius 3 is 2.42 bits per heavy atom. The van der Waals surface area contributed by atoms with Crippen molar-refractivity contribution in [3.05, 3.63) is 71.3 Å². The molecule has 0 aliphatic carbocycles. The van der Waals surface area contributed by atoms with Crippen LogP contribution in [0.15, 0.2) is 54.6 Å². The standard InChI is InChI=1S/C22H26N2O2/c1-17-9-8-12-19(15-17)21(25)23-20(16-18-10-4-2-5-11-18)22(26)24-13-6-3-7-14-24/h2,4-5,8-12,15,20H,3,6-7,13-14,16H2,1H3,(H,23,25)/t20-/m0/s1. The number of hydrogen-bond donors (Lipinski definition) is 1. The molecule has 2 aromatic carbocycles. The highest BCUT2D eigenvalue weighted by atomic mass is 16.2. The van der Waals surface area contributed by atoms with Crippen LogP contribution in [-0.4, -0.2) is 35.8 Å². The van der Waals surface area contributed by atoms with Gasteiger partial charge in [0.25, 0.3) is 5.91 Å². The van der Waals surface area contributed by atoms with E-state index in [1.54, 1.807) is 6.07 Å². The molecule has 0 aromatic heterocycles. The molecule has 0 spiro atoms. The molecule has 2 amide bonds. The minimum absolute atomic E-state index is 0.0227. The van der Waals surface area contributed by atoms with Gasteiger partial charge >= 0.3 is 0 Å². The molecular formula is C22H26N2O2. The highest BCUT2D eigenvalue weighted by molar-refractivity contribution is 5.97. The van der Waals surface area contributed by atoms with Crippen molar-refractivity contribution in [3.63, 3.8) is 0 Å². The number of nitrogens with zero attached hydrogens (tertiary/aromatic N) is 1. The third kappa shape index (κ3) is 4.72. The maximum absolute atomic E-state index is 13.0. The summed E-state index contributed by atoms with van der Waals surface area (Å²) in [7, 11) is 0. The van der Waals surface area contributed by atoms with E-state index >= 15 is 0 Å². The Bertz CT molecular complexity index is 752. The van der Waals surface area contributed by atoms with Gasteiger partial charge < -0.3 is 10.2 Å². The Hall–Kier alpha value is -2.62. The zero-order chi connectivity index (χ0) is 18.4. The second kappa shape index (κ2) is 8.65. The van der Waals surface area contributed by atoms with Gasteiger partial charge in [-0.15, -0.1) is 0 Å². The van der Waals surface area contributed by atoms with E-state index in [1.165, 1.54) is 6.42 Å². The molecule has 0 unspecified atom stereocenters. The average Bonchev–Trinajstić information content (AvgIpc) is 2.68. The predicted octanol–water partition coefficient (Wildman–Crippen LogP) is 3.35. The van der Waals surface area contributed by atoms with Gasteiger partial charge in [-0.3, -0.25) is 9.59 Å².